The van der Waals surface area contributed by atoms with Crippen molar-refractivity contribution in [3.8, 4) is 11.4 Å². The SMILES string of the molecule is C=CCn1c(SCC(=O)N2CCCCC2C)nnc1-c1ccccc1F. The number of halogens is 1. The van der Waals surface area contributed by atoms with Crippen LogP contribution in [0.1, 0.15) is 26.2 Å². The lowest BCUT2D eigenvalue weighted by molar-refractivity contribution is -0.131. The minimum Gasteiger partial charge on any atom is -0.339 e. The Morgan fingerprint density at radius 1 is 1.38 bits per heavy atom. The van der Waals surface area contributed by atoms with E-state index < -0.39 is 0 Å². The zero-order valence-corrected chi connectivity index (χ0v) is 15.7. The van der Waals surface area contributed by atoms with E-state index in [0.29, 0.717) is 28.8 Å². The van der Waals surface area contributed by atoms with Crippen molar-refractivity contribution in [3.63, 3.8) is 0 Å². The Morgan fingerprint density at radius 2 is 2.19 bits per heavy atom. The van der Waals surface area contributed by atoms with Gasteiger partial charge in [0.05, 0.1) is 11.3 Å². The summed E-state index contributed by atoms with van der Waals surface area (Å²) in [6.07, 6.45) is 5.01. The second-order valence-electron chi connectivity index (χ2n) is 6.41. The Hall–Kier alpha value is -2.15. The summed E-state index contributed by atoms with van der Waals surface area (Å²) in [5.41, 5.74) is 0.393. The number of carbonyl (C=O) groups excluding carboxylic acids is 1. The maximum atomic E-state index is 14.1. The van der Waals surface area contributed by atoms with Gasteiger partial charge in [-0.1, -0.05) is 30.0 Å². The van der Waals surface area contributed by atoms with Crippen LogP contribution in [0.2, 0.25) is 0 Å². The van der Waals surface area contributed by atoms with Crippen molar-refractivity contribution in [2.45, 2.75) is 43.9 Å². The number of allylic oxidation sites excluding steroid dienone is 1. The molecule has 0 saturated carbocycles. The molecule has 0 aliphatic carbocycles. The first-order valence-electron chi connectivity index (χ1n) is 8.83. The van der Waals surface area contributed by atoms with E-state index in [1.54, 1.807) is 28.8 Å². The number of hydrogen-bond donors (Lipinski definition) is 0. The summed E-state index contributed by atoms with van der Waals surface area (Å²) in [7, 11) is 0. The van der Waals surface area contributed by atoms with E-state index in [0.717, 1.165) is 19.4 Å². The van der Waals surface area contributed by atoms with Gasteiger partial charge in [-0.3, -0.25) is 9.36 Å². The molecular weight excluding hydrogens is 351 g/mol. The van der Waals surface area contributed by atoms with E-state index in [1.165, 1.54) is 24.2 Å². The number of carbonyl (C=O) groups is 1. The summed E-state index contributed by atoms with van der Waals surface area (Å²) < 4.78 is 15.9. The van der Waals surface area contributed by atoms with E-state index in [2.05, 4.69) is 23.7 Å². The average Bonchev–Trinajstić information content (AvgIpc) is 3.03. The molecule has 0 N–H and O–H groups in total. The zero-order chi connectivity index (χ0) is 18.5. The van der Waals surface area contributed by atoms with E-state index >= 15 is 0 Å². The Labute approximate surface area is 157 Å². The lowest BCUT2D eigenvalue weighted by atomic mass is 10.0. The van der Waals surface area contributed by atoms with Crippen molar-refractivity contribution < 1.29 is 9.18 Å². The Balaban J connectivity index is 1.77. The maximum Gasteiger partial charge on any atom is 0.233 e. The number of likely N-dealkylation sites (tertiary alicyclic amines) is 1. The third-order valence-electron chi connectivity index (χ3n) is 4.59. The van der Waals surface area contributed by atoms with Gasteiger partial charge < -0.3 is 4.90 Å². The van der Waals surface area contributed by atoms with Crippen LogP contribution in [-0.4, -0.2) is 43.9 Å². The van der Waals surface area contributed by atoms with Gasteiger partial charge in [0.15, 0.2) is 11.0 Å². The molecule has 0 spiro atoms. The fourth-order valence-electron chi connectivity index (χ4n) is 3.21. The van der Waals surface area contributed by atoms with Gasteiger partial charge in [-0.15, -0.1) is 16.8 Å². The Morgan fingerprint density at radius 3 is 2.92 bits per heavy atom. The first-order chi connectivity index (χ1) is 12.6. The molecule has 1 unspecified atom stereocenters. The van der Waals surface area contributed by atoms with Crippen LogP contribution >= 0.6 is 11.8 Å². The Kier molecular flexibility index (Phi) is 6.08. The quantitative estimate of drug-likeness (QED) is 0.571. The number of rotatable bonds is 6. The van der Waals surface area contributed by atoms with Crippen LogP contribution in [0, 0.1) is 5.82 Å². The second kappa shape index (κ2) is 8.49. The minimum atomic E-state index is -0.347. The normalized spacial score (nSPS) is 17.3. The molecule has 5 nitrogen and oxygen atoms in total. The largest absolute Gasteiger partial charge is 0.339 e. The van der Waals surface area contributed by atoms with E-state index in [9.17, 15) is 9.18 Å². The lowest BCUT2D eigenvalue weighted by Crippen LogP contribution is -2.43. The molecule has 2 aromatic rings. The fraction of sp³-hybridized carbons (Fsp3) is 0.421. The molecule has 1 fully saturated rings. The molecule has 1 aliphatic heterocycles. The van der Waals surface area contributed by atoms with Gasteiger partial charge in [-0.25, -0.2) is 4.39 Å². The third kappa shape index (κ3) is 3.98. The first-order valence-corrected chi connectivity index (χ1v) is 9.81. The topological polar surface area (TPSA) is 51.0 Å². The molecule has 1 aromatic carbocycles. The van der Waals surface area contributed by atoms with E-state index in [1.807, 2.05) is 4.90 Å². The van der Waals surface area contributed by atoms with Crippen molar-refractivity contribution in [1.29, 1.82) is 0 Å². The molecule has 1 aromatic heterocycles. The molecule has 138 valence electrons. The predicted molar refractivity (Wildman–Crippen MR) is 101 cm³/mol. The summed E-state index contributed by atoms with van der Waals surface area (Å²) in [6.45, 7) is 7.12. The van der Waals surface area contributed by atoms with Gasteiger partial charge >= 0.3 is 0 Å². The number of aromatic nitrogens is 3. The highest BCUT2D eigenvalue weighted by Gasteiger charge is 2.24. The van der Waals surface area contributed by atoms with Crippen molar-refractivity contribution in [1.82, 2.24) is 19.7 Å². The molecule has 7 heteroatoms. The molecule has 3 rings (SSSR count). The fourth-order valence-corrected chi connectivity index (χ4v) is 4.04. The lowest BCUT2D eigenvalue weighted by Gasteiger charge is -2.33. The smallest absolute Gasteiger partial charge is 0.233 e. The maximum absolute atomic E-state index is 14.1. The molecule has 26 heavy (non-hydrogen) atoms. The van der Waals surface area contributed by atoms with E-state index in [4.69, 9.17) is 0 Å². The molecular formula is C19H23FN4OS. The number of benzene rings is 1. The van der Waals surface area contributed by atoms with Crippen LogP contribution in [-0.2, 0) is 11.3 Å². The molecule has 0 bridgehead atoms. The van der Waals surface area contributed by atoms with Crippen LogP contribution in [0.5, 0.6) is 0 Å². The zero-order valence-electron chi connectivity index (χ0n) is 14.9. The van der Waals surface area contributed by atoms with Gasteiger partial charge in [0, 0.05) is 19.1 Å². The highest BCUT2D eigenvalue weighted by atomic mass is 32.2. The number of piperidine rings is 1. The van der Waals surface area contributed by atoms with Crippen molar-refractivity contribution in [3.05, 3.63) is 42.7 Å². The minimum absolute atomic E-state index is 0.114. The second-order valence-corrected chi connectivity index (χ2v) is 7.35. The summed E-state index contributed by atoms with van der Waals surface area (Å²) in [4.78, 5) is 14.5. The van der Waals surface area contributed by atoms with Gasteiger partial charge in [-0.05, 0) is 38.3 Å². The van der Waals surface area contributed by atoms with Gasteiger partial charge in [0.25, 0.3) is 0 Å². The summed E-state index contributed by atoms with van der Waals surface area (Å²) in [5, 5.41) is 8.93. The van der Waals surface area contributed by atoms with Crippen LogP contribution in [0.15, 0.2) is 42.1 Å². The summed E-state index contributed by atoms with van der Waals surface area (Å²) in [6, 6.07) is 6.77. The number of nitrogens with zero attached hydrogens (tertiary/aromatic N) is 4. The first kappa shape index (κ1) is 18.6. The van der Waals surface area contributed by atoms with Gasteiger partial charge in [0.1, 0.15) is 5.82 Å². The number of thioether (sulfide) groups is 1. The number of amides is 1. The van der Waals surface area contributed by atoms with E-state index in [-0.39, 0.29) is 17.8 Å². The molecule has 1 amide bonds. The summed E-state index contributed by atoms with van der Waals surface area (Å²) in [5.74, 6) is 0.517. The Bertz CT molecular complexity index is 792. The molecule has 1 saturated heterocycles. The molecule has 1 atom stereocenters. The third-order valence-corrected chi connectivity index (χ3v) is 5.54. The average molecular weight is 374 g/mol. The molecule has 1 aliphatic rings. The molecule has 2 heterocycles. The number of hydrogen-bond acceptors (Lipinski definition) is 4. The van der Waals surface area contributed by atoms with Gasteiger partial charge in [-0.2, -0.15) is 0 Å². The highest BCUT2D eigenvalue weighted by molar-refractivity contribution is 7.99. The van der Waals surface area contributed by atoms with Gasteiger partial charge in [0.2, 0.25) is 5.91 Å². The van der Waals surface area contributed by atoms with Crippen molar-refractivity contribution in [2.24, 2.45) is 0 Å². The highest BCUT2D eigenvalue weighted by Crippen LogP contribution is 2.27. The van der Waals surface area contributed by atoms with Crippen LogP contribution in [0.25, 0.3) is 11.4 Å². The van der Waals surface area contributed by atoms with Crippen molar-refractivity contribution in [2.75, 3.05) is 12.3 Å². The molecule has 0 radical (unpaired) electrons. The van der Waals surface area contributed by atoms with Crippen LogP contribution in [0.3, 0.4) is 0 Å². The predicted octanol–water partition coefficient (Wildman–Crippen LogP) is 3.76. The van der Waals surface area contributed by atoms with Crippen LogP contribution < -0.4 is 0 Å². The van der Waals surface area contributed by atoms with Crippen molar-refractivity contribution >= 4 is 17.7 Å². The summed E-state index contributed by atoms with van der Waals surface area (Å²) >= 11 is 1.34. The standard InChI is InChI=1S/C19H23FN4OS/c1-3-11-24-18(15-9-4-5-10-16(15)20)21-22-19(24)26-13-17(25)23-12-7-6-8-14(23)2/h3-5,9-10,14H,1,6-8,11-13H2,2H3. The van der Waals surface area contributed by atoms with Crippen LogP contribution in [0.4, 0.5) is 4.39 Å². The monoisotopic (exact) mass is 374 g/mol.